The smallest absolute Gasteiger partial charge is 0.323 e. The Bertz CT molecular complexity index is 243. The number of hydrogen-bond acceptors (Lipinski definition) is 4. The third-order valence-electron chi connectivity index (χ3n) is 1.51. The molecule has 0 aliphatic rings. The average molecular weight is 169 g/mol. The van der Waals surface area contributed by atoms with Crippen molar-refractivity contribution in [3.05, 3.63) is 24.2 Å². The summed E-state index contributed by atoms with van der Waals surface area (Å²) in [6.45, 7) is 0. The van der Waals surface area contributed by atoms with Crippen molar-refractivity contribution in [2.24, 2.45) is 5.73 Å². The summed E-state index contributed by atoms with van der Waals surface area (Å²) in [6, 6.07) is 2.88. The van der Waals surface area contributed by atoms with Gasteiger partial charge in [0.1, 0.15) is 11.8 Å². The van der Waals surface area contributed by atoms with Gasteiger partial charge in [-0.3, -0.25) is 4.79 Å². The molecule has 1 aromatic heterocycles. The summed E-state index contributed by atoms with van der Waals surface area (Å²) in [5.74, 6) is 0.263. The number of ether oxygens (including phenoxy) is 1. The lowest BCUT2D eigenvalue weighted by Gasteiger charge is -2.05. The van der Waals surface area contributed by atoms with E-state index < -0.39 is 12.0 Å². The van der Waals surface area contributed by atoms with Crippen molar-refractivity contribution in [2.75, 3.05) is 7.11 Å². The second-order valence-electron chi connectivity index (χ2n) is 2.41. The molecule has 0 radical (unpaired) electrons. The van der Waals surface area contributed by atoms with E-state index in [0.717, 1.165) is 0 Å². The fourth-order valence-electron chi connectivity index (χ4n) is 0.880. The summed E-state index contributed by atoms with van der Waals surface area (Å²) in [7, 11) is 1.31. The van der Waals surface area contributed by atoms with Crippen LogP contribution in [-0.2, 0) is 16.0 Å². The molecule has 0 aliphatic carbocycles. The highest BCUT2D eigenvalue weighted by Gasteiger charge is 2.15. The molecule has 0 bridgehead atoms. The summed E-state index contributed by atoms with van der Waals surface area (Å²) < 4.78 is 9.47. The average Bonchev–Trinajstić information content (AvgIpc) is 2.55. The van der Waals surface area contributed by atoms with Gasteiger partial charge in [-0.15, -0.1) is 0 Å². The van der Waals surface area contributed by atoms with Gasteiger partial charge in [0.2, 0.25) is 0 Å². The van der Waals surface area contributed by atoms with Gasteiger partial charge in [0, 0.05) is 6.42 Å². The number of hydrogen-bond donors (Lipinski definition) is 1. The topological polar surface area (TPSA) is 65.5 Å². The number of furan rings is 1. The van der Waals surface area contributed by atoms with Crippen LogP contribution in [0.2, 0.25) is 0 Å². The van der Waals surface area contributed by atoms with Crippen LogP contribution in [0.4, 0.5) is 0 Å². The lowest BCUT2D eigenvalue weighted by Crippen LogP contribution is -2.33. The van der Waals surface area contributed by atoms with E-state index in [0.29, 0.717) is 12.2 Å². The fraction of sp³-hybridized carbons (Fsp3) is 0.375. The molecule has 1 atom stereocenters. The highest BCUT2D eigenvalue weighted by Crippen LogP contribution is 2.03. The maximum absolute atomic E-state index is 10.8. The summed E-state index contributed by atoms with van der Waals surface area (Å²) in [5.41, 5.74) is 5.48. The molecule has 12 heavy (non-hydrogen) atoms. The van der Waals surface area contributed by atoms with Crippen molar-refractivity contribution >= 4 is 5.97 Å². The Morgan fingerprint density at radius 1 is 1.83 bits per heavy atom. The molecule has 0 fully saturated rings. The first kappa shape index (κ1) is 8.80. The van der Waals surface area contributed by atoms with Crippen LogP contribution < -0.4 is 5.73 Å². The van der Waals surface area contributed by atoms with Gasteiger partial charge in [-0.2, -0.15) is 0 Å². The standard InChI is InChI=1S/C8H11NO3/c1-11-8(10)7(9)5-6-3-2-4-12-6/h2-4,7H,5,9H2,1H3/t7-/m1/s1. The quantitative estimate of drug-likeness (QED) is 0.662. The number of methoxy groups -OCH3 is 1. The van der Waals surface area contributed by atoms with Gasteiger partial charge in [0.25, 0.3) is 0 Å². The first-order valence-electron chi connectivity index (χ1n) is 3.60. The molecule has 0 saturated heterocycles. The van der Waals surface area contributed by atoms with Crippen LogP contribution in [0.3, 0.4) is 0 Å². The van der Waals surface area contributed by atoms with Crippen LogP contribution in [0.5, 0.6) is 0 Å². The van der Waals surface area contributed by atoms with Crippen LogP contribution in [0.1, 0.15) is 5.76 Å². The Morgan fingerprint density at radius 3 is 3.08 bits per heavy atom. The van der Waals surface area contributed by atoms with E-state index in [1.807, 2.05) is 0 Å². The summed E-state index contributed by atoms with van der Waals surface area (Å²) in [5, 5.41) is 0. The van der Waals surface area contributed by atoms with E-state index in [-0.39, 0.29) is 0 Å². The van der Waals surface area contributed by atoms with Crippen LogP contribution in [-0.4, -0.2) is 19.1 Å². The Balaban J connectivity index is 2.47. The molecule has 4 heteroatoms. The minimum absolute atomic E-state index is 0.375. The second kappa shape index (κ2) is 3.92. The van der Waals surface area contributed by atoms with E-state index in [4.69, 9.17) is 10.2 Å². The van der Waals surface area contributed by atoms with Gasteiger partial charge >= 0.3 is 5.97 Å². The normalized spacial score (nSPS) is 12.5. The molecule has 0 saturated carbocycles. The number of carbonyl (C=O) groups is 1. The molecule has 66 valence electrons. The molecular formula is C8H11NO3. The Hall–Kier alpha value is -1.29. The third-order valence-corrected chi connectivity index (χ3v) is 1.51. The van der Waals surface area contributed by atoms with Crippen molar-refractivity contribution in [1.82, 2.24) is 0 Å². The molecule has 1 aromatic rings. The molecule has 1 heterocycles. The van der Waals surface area contributed by atoms with Crippen molar-refractivity contribution < 1.29 is 13.9 Å². The molecule has 0 unspecified atom stereocenters. The highest BCUT2D eigenvalue weighted by atomic mass is 16.5. The monoisotopic (exact) mass is 169 g/mol. The van der Waals surface area contributed by atoms with Gasteiger partial charge in [-0.25, -0.2) is 0 Å². The highest BCUT2D eigenvalue weighted by molar-refractivity contribution is 5.75. The van der Waals surface area contributed by atoms with Crippen LogP contribution in [0.25, 0.3) is 0 Å². The molecule has 0 aromatic carbocycles. The number of nitrogens with two attached hydrogens (primary N) is 1. The lowest BCUT2D eigenvalue weighted by molar-refractivity contribution is -0.142. The minimum Gasteiger partial charge on any atom is -0.469 e. The van der Waals surface area contributed by atoms with E-state index in [1.165, 1.54) is 7.11 Å². The van der Waals surface area contributed by atoms with E-state index in [1.54, 1.807) is 18.4 Å². The van der Waals surface area contributed by atoms with Crippen molar-refractivity contribution in [2.45, 2.75) is 12.5 Å². The maximum atomic E-state index is 10.8. The van der Waals surface area contributed by atoms with E-state index >= 15 is 0 Å². The zero-order valence-corrected chi connectivity index (χ0v) is 6.82. The molecule has 0 aliphatic heterocycles. The Labute approximate surface area is 70.3 Å². The molecule has 0 amide bonds. The van der Waals surface area contributed by atoms with E-state index in [9.17, 15) is 4.79 Å². The third kappa shape index (κ3) is 2.10. The summed E-state index contributed by atoms with van der Waals surface area (Å²) in [6.07, 6.45) is 1.92. The van der Waals surface area contributed by atoms with Crippen molar-refractivity contribution in [1.29, 1.82) is 0 Å². The van der Waals surface area contributed by atoms with Gasteiger partial charge in [-0.05, 0) is 12.1 Å². The van der Waals surface area contributed by atoms with Crippen LogP contribution >= 0.6 is 0 Å². The van der Waals surface area contributed by atoms with Gasteiger partial charge in [-0.1, -0.05) is 0 Å². The van der Waals surface area contributed by atoms with Crippen LogP contribution in [0, 0.1) is 0 Å². The maximum Gasteiger partial charge on any atom is 0.323 e. The largest absolute Gasteiger partial charge is 0.469 e. The predicted molar refractivity (Wildman–Crippen MR) is 42.4 cm³/mol. The van der Waals surface area contributed by atoms with E-state index in [2.05, 4.69) is 4.74 Å². The SMILES string of the molecule is COC(=O)[C@H](N)Cc1ccco1. The zero-order chi connectivity index (χ0) is 8.97. The Morgan fingerprint density at radius 2 is 2.58 bits per heavy atom. The second-order valence-corrected chi connectivity index (χ2v) is 2.41. The van der Waals surface area contributed by atoms with Crippen LogP contribution in [0.15, 0.2) is 22.8 Å². The van der Waals surface area contributed by atoms with Gasteiger partial charge in [0.05, 0.1) is 13.4 Å². The summed E-state index contributed by atoms with van der Waals surface area (Å²) >= 11 is 0. The predicted octanol–water partition coefficient (Wildman–Crippen LogP) is 0.322. The minimum atomic E-state index is -0.638. The van der Waals surface area contributed by atoms with Crippen molar-refractivity contribution in [3.63, 3.8) is 0 Å². The van der Waals surface area contributed by atoms with Gasteiger partial charge < -0.3 is 14.9 Å². The lowest BCUT2D eigenvalue weighted by atomic mass is 10.2. The molecule has 4 nitrogen and oxygen atoms in total. The van der Waals surface area contributed by atoms with Crippen molar-refractivity contribution in [3.8, 4) is 0 Å². The number of carbonyl (C=O) groups excluding carboxylic acids is 1. The fourth-order valence-corrected chi connectivity index (χ4v) is 0.880. The molecule has 1 rings (SSSR count). The zero-order valence-electron chi connectivity index (χ0n) is 6.82. The number of rotatable bonds is 3. The molecular weight excluding hydrogens is 158 g/mol. The molecule has 2 N–H and O–H groups in total. The Kier molecular flexibility index (Phi) is 2.88. The summed E-state index contributed by atoms with van der Waals surface area (Å²) in [4.78, 5) is 10.8. The molecule has 0 spiro atoms. The first-order valence-corrected chi connectivity index (χ1v) is 3.60. The number of esters is 1. The first-order chi connectivity index (χ1) is 5.74. The van der Waals surface area contributed by atoms with Gasteiger partial charge in [0.15, 0.2) is 0 Å².